The molecule has 5 rings (SSSR count). The molecule has 0 aliphatic heterocycles. The Morgan fingerprint density at radius 2 is 1.61 bits per heavy atom. The number of hydrogen-bond donors (Lipinski definition) is 3. The number of imidazole rings is 1. The van der Waals surface area contributed by atoms with E-state index in [1.807, 2.05) is 30.3 Å². The van der Waals surface area contributed by atoms with Crippen LogP contribution in [0, 0.1) is 0 Å². The normalized spacial score (nSPS) is 14.1. The SMILES string of the molecule is O=C(O)c1ccc2c(c1)nc(-c1ccc(C(=O)NCCc3ccc(O)cc3)cc1)n2C1CCCCC1. The summed E-state index contributed by atoms with van der Waals surface area (Å²) in [5, 5.41) is 21.8. The molecular formula is C29H29N3O4. The highest BCUT2D eigenvalue weighted by Crippen LogP contribution is 2.36. The highest BCUT2D eigenvalue weighted by Gasteiger charge is 2.23. The van der Waals surface area contributed by atoms with Gasteiger partial charge in [0.2, 0.25) is 0 Å². The molecule has 7 nitrogen and oxygen atoms in total. The van der Waals surface area contributed by atoms with Crippen LogP contribution in [0.15, 0.2) is 66.7 Å². The predicted molar refractivity (Wildman–Crippen MR) is 138 cm³/mol. The number of nitrogens with zero attached hydrogens (tertiary/aromatic N) is 2. The lowest BCUT2D eigenvalue weighted by atomic mass is 9.94. The van der Waals surface area contributed by atoms with Crippen LogP contribution in [-0.4, -0.2) is 38.2 Å². The largest absolute Gasteiger partial charge is 0.508 e. The van der Waals surface area contributed by atoms with Gasteiger partial charge in [0.1, 0.15) is 11.6 Å². The van der Waals surface area contributed by atoms with Crippen molar-refractivity contribution in [3.63, 3.8) is 0 Å². The number of hydrogen-bond acceptors (Lipinski definition) is 4. The number of carbonyl (C=O) groups is 2. The van der Waals surface area contributed by atoms with Gasteiger partial charge in [0.25, 0.3) is 5.91 Å². The number of benzene rings is 3. The zero-order chi connectivity index (χ0) is 25.1. The van der Waals surface area contributed by atoms with Gasteiger partial charge in [-0.3, -0.25) is 4.79 Å². The van der Waals surface area contributed by atoms with Gasteiger partial charge in [0.05, 0.1) is 16.6 Å². The molecule has 0 atom stereocenters. The van der Waals surface area contributed by atoms with Crippen LogP contribution in [0.4, 0.5) is 0 Å². The Morgan fingerprint density at radius 1 is 0.917 bits per heavy atom. The number of aromatic hydroxyl groups is 1. The van der Waals surface area contributed by atoms with E-state index < -0.39 is 5.97 Å². The number of carbonyl (C=O) groups excluding carboxylic acids is 1. The van der Waals surface area contributed by atoms with Crippen LogP contribution in [0.2, 0.25) is 0 Å². The van der Waals surface area contributed by atoms with Gasteiger partial charge in [-0.1, -0.05) is 43.5 Å². The van der Waals surface area contributed by atoms with Crippen LogP contribution in [0.3, 0.4) is 0 Å². The van der Waals surface area contributed by atoms with E-state index in [4.69, 9.17) is 4.98 Å². The first-order valence-electron chi connectivity index (χ1n) is 12.4. The Labute approximate surface area is 209 Å². The lowest BCUT2D eigenvalue weighted by Crippen LogP contribution is -2.25. The number of phenolic OH excluding ortho intramolecular Hbond substituents is 1. The second kappa shape index (κ2) is 10.2. The minimum Gasteiger partial charge on any atom is -0.508 e. The molecule has 0 radical (unpaired) electrons. The summed E-state index contributed by atoms with van der Waals surface area (Å²) in [6, 6.07) is 19.8. The summed E-state index contributed by atoms with van der Waals surface area (Å²) < 4.78 is 2.26. The van der Waals surface area contributed by atoms with Crippen molar-refractivity contribution in [1.29, 1.82) is 0 Å². The van der Waals surface area contributed by atoms with E-state index in [-0.39, 0.29) is 17.2 Å². The van der Waals surface area contributed by atoms with Crippen LogP contribution in [0.5, 0.6) is 5.75 Å². The van der Waals surface area contributed by atoms with Crippen molar-refractivity contribution in [2.24, 2.45) is 0 Å². The van der Waals surface area contributed by atoms with Crippen LogP contribution < -0.4 is 5.32 Å². The summed E-state index contributed by atoms with van der Waals surface area (Å²) in [4.78, 5) is 29.0. The van der Waals surface area contributed by atoms with Crippen molar-refractivity contribution in [2.75, 3.05) is 6.54 Å². The van der Waals surface area contributed by atoms with Crippen molar-refractivity contribution in [3.8, 4) is 17.1 Å². The topological polar surface area (TPSA) is 104 Å². The first kappa shape index (κ1) is 23.6. The highest BCUT2D eigenvalue weighted by atomic mass is 16.4. The Morgan fingerprint density at radius 3 is 2.31 bits per heavy atom. The first-order valence-corrected chi connectivity index (χ1v) is 12.4. The maximum atomic E-state index is 12.7. The molecule has 1 heterocycles. The number of amides is 1. The smallest absolute Gasteiger partial charge is 0.335 e. The number of nitrogens with one attached hydrogen (secondary N) is 1. The fourth-order valence-electron chi connectivity index (χ4n) is 5.00. The number of rotatable bonds is 7. The number of phenols is 1. The standard InChI is InChI=1S/C29H29N3O4/c33-24-13-6-19(7-14-24)16-17-30-28(34)21-10-8-20(9-11-21)27-31-25-18-22(29(35)36)12-15-26(25)32(27)23-4-2-1-3-5-23/h6-15,18,23,33H,1-5,16-17H2,(H,30,34)(H,35,36). The monoisotopic (exact) mass is 483 g/mol. The molecule has 184 valence electrons. The minimum atomic E-state index is -0.966. The van der Waals surface area contributed by atoms with Crippen molar-refractivity contribution in [1.82, 2.24) is 14.9 Å². The number of fused-ring (bicyclic) bond motifs is 1. The predicted octanol–water partition coefficient (Wildman–Crippen LogP) is 5.58. The van der Waals surface area contributed by atoms with E-state index in [1.54, 1.807) is 36.4 Å². The maximum Gasteiger partial charge on any atom is 0.335 e. The summed E-state index contributed by atoms with van der Waals surface area (Å²) in [5.74, 6) is -0.0837. The van der Waals surface area contributed by atoms with Gasteiger partial charge in [-0.2, -0.15) is 0 Å². The van der Waals surface area contributed by atoms with Crippen LogP contribution in [-0.2, 0) is 6.42 Å². The summed E-state index contributed by atoms with van der Waals surface area (Å²) in [6.07, 6.45) is 6.38. The first-order chi connectivity index (χ1) is 17.5. The van der Waals surface area contributed by atoms with Gasteiger partial charge in [0, 0.05) is 23.7 Å². The van der Waals surface area contributed by atoms with Gasteiger partial charge in [-0.05, 0) is 67.3 Å². The molecule has 1 aliphatic carbocycles. The second-order valence-electron chi connectivity index (χ2n) is 9.36. The number of carboxylic acid groups (broad SMARTS) is 1. The number of carboxylic acids is 1. The van der Waals surface area contributed by atoms with Crippen LogP contribution >= 0.6 is 0 Å². The molecule has 1 saturated carbocycles. The van der Waals surface area contributed by atoms with Crippen molar-refractivity contribution < 1.29 is 19.8 Å². The molecule has 4 aromatic rings. The van der Waals surface area contributed by atoms with Gasteiger partial charge in [-0.15, -0.1) is 0 Å². The average Bonchev–Trinajstić information content (AvgIpc) is 3.29. The Balaban J connectivity index is 1.37. The number of aromatic carboxylic acids is 1. The molecule has 7 heteroatoms. The van der Waals surface area contributed by atoms with Gasteiger partial charge >= 0.3 is 5.97 Å². The van der Waals surface area contributed by atoms with E-state index in [0.717, 1.165) is 35.3 Å². The van der Waals surface area contributed by atoms with Gasteiger partial charge in [0.15, 0.2) is 0 Å². The third-order valence-electron chi connectivity index (χ3n) is 6.92. The molecule has 0 unspecified atom stereocenters. The maximum absolute atomic E-state index is 12.7. The molecule has 3 N–H and O–H groups in total. The molecule has 0 saturated heterocycles. The van der Waals surface area contributed by atoms with Gasteiger partial charge in [-0.25, -0.2) is 9.78 Å². The van der Waals surface area contributed by atoms with E-state index in [1.165, 1.54) is 19.3 Å². The molecule has 1 fully saturated rings. The fraction of sp³-hybridized carbons (Fsp3) is 0.276. The Hall–Kier alpha value is -4.13. The lowest BCUT2D eigenvalue weighted by molar-refractivity contribution is 0.0696. The Bertz CT molecular complexity index is 1380. The molecule has 1 amide bonds. The summed E-state index contributed by atoms with van der Waals surface area (Å²) in [7, 11) is 0. The van der Waals surface area contributed by atoms with E-state index in [2.05, 4.69) is 9.88 Å². The summed E-state index contributed by atoms with van der Waals surface area (Å²) in [6.45, 7) is 0.495. The van der Waals surface area contributed by atoms with Crippen molar-refractivity contribution in [3.05, 3.63) is 83.4 Å². The quantitative estimate of drug-likeness (QED) is 0.318. The van der Waals surface area contributed by atoms with E-state index in [9.17, 15) is 19.8 Å². The van der Waals surface area contributed by atoms with E-state index in [0.29, 0.717) is 30.1 Å². The van der Waals surface area contributed by atoms with E-state index >= 15 is 0 Å². The van der Waals surface area contributed by atoms with Gasteiger partial charge < -0.3 is 20.1 Å². The molecule has 1 aliphatic rings. The lowest BCUT2D eigenvalue weighted by Gasteiger charge is -2.25. The summed E-state index contributed by atoms with van der Waals surface area (Å²) >= 11 is 0. The number of aromatic nitrogens is 2. The summed E-state index contributed by atoms with van der Waals surface area (Å²) in [5.41, 5.74) is 4.34. The Kier molecular flexibility index (Phi) is 6.71. The zero-order valence-electron chi connectivity index (χ0n) is 20.0. The molecule has 3 aromatic carbocycles. The minimum absolute atomic E-state index is 0.146. The van der Waals surface area contributed by atoms with Crippen LogP contribution in [0.25, 0.3) is 22.4 Å². The third-order valence-corrected chi connectivity index (χ3v) is 6.92. The molecular weight excluding hydrogens is 454 g/mol. The molecule has 1 aromatic heterocycles. The molecule has 36 heavy (non-hydrogen) atoms. The van der Waals surface area contributed by atoms with Crippen molar-refractivity contribution >= 4 is 22.9 Å². The molecule has 0 bridgehead atoms. The average molecular weight is 484 g/mol. The van der Waals surface area contributed by atoms with Crippen molar-refractivity contribution in [2.45, 2.75) is 44.6 Å². The zero-order valence-corrected chi connectivity index (χ0v) is 20.0. The molecule has 0 spiro atoms. The highest BCUT2D eigenvalue weighted by molar-refractivity contribution is 5.95. The second-order valence-corrected chi connectivity index (χ2v) is 9.36. The fourth-order valence-corrected chi connectivity index (χ4v) is 5.00. The third kappa shape index (κ3) is 4.96. The van der Waals surface area contributed by atoms with Crippen LogP contribution in [0.1, 0.15) is 64.4 Å².